The molecule has 3 saturated carbocycles. The quantitative estimate of drug-likeness (QED) is 0.451. The Hall–Kier alpha value is -0.580. The number of halogens is 4. The summed E-state index contributed by atoms with van der Waals surface area (Å²) < 4.78 is 53.9. The van der Waals surface area contributed by atoms with Crippen molar-refractivity contribution in [3.8, 4) is 0 Å². The molecule has 168 valence electrons. The second-order valence-electron chi connectivity index (χ2n) is 10.0. The summed E-state index contributed by atoms with van der Waals surface area (Å²) in [5.41, 5.74) is 0. The van der Waals surface area contributed by atoms with Crippen LogP contribution in [-0.2, 0) is 0 Å². The summed E-state index contributed by atoms with van der Waals surface area (Å²) in [5, 5.41) is 9.78. The maximum Gasteiger partial charge on any atom is 0.268 e. The Kier molecular flexibility index (Phi) is 8.47. The molecule has 0 aromatic carbocycles. The molecule has 3 unspecified atom stereocenters. The van der Waals surface area contributed by atoms with Crippen LogP contribution in [0.1, 0.15) is 84.0 Å². The maximum atomic E-state index is 14.6. The van der Waals surface area contributed by atoms with Gasteiger partial charge in [-0.15, -0.1) is 0 Å². The lowest BCUT2D eigenvalue weighted by Gasteiger charge is -2.43. The summed E-state index contributed by atoms with van der Waals surface area (Å²) in [6.45, 7) is 2.27. The van der Waals surface area contributed by atoms with Crippen LogP contribution in [0.3, 0.4) is 0 Å². The van der Waals surface area contributed by atoms with E-state index in [9.17, 15) is 22.7 Å². The first-order valence-electron chi connectivity index (χ1n) is 11.9. The van der Waals surface area contributed by atoms with Gasteiger partial charge < -0.3 is 5.11 Å². The molecule has 3 aliphatic carbocycles. The minimum atomic E-state index is -2.08. The minimum Gasteiger partial charge on any atom is -0.388 e. The van der Waals surface area contributed by atoms with E-state index in [1.165, 1.54) is 51.4 Å². The fraction of sp³-hybridized carbons (Fsp3) is 0.917. The van der Waals surface area contributed by atoms with Gasteiger partial charge in [0.05, 0.1) is 12.0 Å². The molecule has 1 nitrogen and oxygen atoms in total. The van der Waals surface area contributed by atoms with Gasteiger partial charge in [0.15, 0.2) is 0 Å². The Morgan fingerprint density at radius 3 is 1.72 bits per heavy atom. The maximum absolute atomic E-state index is 14.6. The first-order valence-corrected chi connectivity index (χ1v) is 11.9. The third kappa shape index (κ3) is 5.98. The SMILES string of the molecule is CCCC1CCC(C2CCC(C3CC(F)C(C(O)C=C(F)F)C(F)C3)CC2)CC1. The van der Waals surface area contributed by atoms with Gasteiger partial charge in [-0.25, -0.2) is 8.78 Å². The molecule has 29 heavy (non-hydrogen) atoms. The third-order valence-corrected chi connectivity index (χ3v) is 8.32. The molecule has 1 N–H and O–H groups in total. The van der Waals surface area contributed by atoms with E-state index in [-0.39, 0.29) is 24.8 Å². The van der Waals surface area contributed by atoms with Crippen molar-refractivity contribution in [2.75, 3.05) is 0 Å². The number of aliphatic hydroxyl groups is 1. The van der Waals surface area contributed by atoms with Crippen LogP contribution in [0.25, 0.3) is 0 Å². The van der Waals surface area contributed by atoms with Crippen molar-refractivity contribution in [3.63, 3.8) is 0 Å². The third-order valence-electron chi connectivity index (χ3n) is 8.32. The molecular weight excluding hydrogens is 380 g/mol. The summed E-state index contributed by atoms with van der Waals surface area (Å²) in [5.74, 6) is 1.48. The van der Waals surface area contributed by atoms with E-state index in [1.54, 1.807) is 0 Å². The van der Waals surface area contributed by atoms with Gasteiger partial charge in [0.1, 0.15) is 12.3 Å². The van der Waals surface area contributed by atoms with Crippen LogP contribution < -0.4 is 0 Å². The zero-order valence-electron chi connectivity index (χ0n) is 17.7. The second kappa shape index (κ2) is 10.6. The van der Waals surface area contributed by atoms with Crippen molar-refractivity contribution in [2.45, 2.75) is 102 Å². The summed E-state index contributed by atoms with van der Waals surface area (Å²) >= 11 is 0. The number of alkyl halides is 2. The molecule has 0 aromatic heterocycles. The van der Waals surface area contributed by atoms with Gasteiger partial charge in [0.2, 0.25) is 0 Å². The van der Waals surface area contributed by atoms with Crippen LogP contribution in [0.5, 0.6) is 0 Å². The molecule has 3 rings (SSSR count). The summed E-state index contributed by atoms with van der Waals surface area (Å²) in [6, 6.07) is 0. The molecule has 0 spiro atoms. The Morgan fingerprint density at radius 1 is 0.828 bits per heavy atom. The fourth-order valence-electron chi connectivity index (χ4n) is 6.71. The molecule has 3 atom stereocenters. The van der Waals surface area contributed by atoms with Crippen LogP contribution in [0.4, 0.5) is 17.6 Å². The number of aliphatic hydroxyl groups excluding tert-OH is 1. The lowest BCUT2D eigenvalue weighted by atomic mass is 9.64. The predicted molar refractivity (Wildman–Crippen MR) is 108 cm³/mol. The van der Waals surface area contributed by atoms with E-state index in [0.717, 1.165) is 30.6 Å². The highest BCUT2D eigenvalue weighted by Gasteiger charge is 2.45. The van der Waals surface area contributed by atoms with Crippen LogP contribution in [0.15, 0.2) is 12.2 Å². The molecule has 0 heterocycles. The van der Waals surface area contributed by atoms with Crippen LogP contribution in [0, 0.1) is 35.5 Å². The van der Waals surface area contributed by atoms with Crippen molar-refractivity contribution in [1.82, 2.24) is 0 Å². The van der Waals surface area contributed by atoms with E-state index in [1.807, 2.05) is 0 Å². The Balaban J connectivity index is 1.46. The molecule has 0 aromatic rings. The van der Waals surface area contributed by atoms with E-state index in [2.05, 4.69) is 6.92 Å². The summed E-state index contributed by atoms with van der Waals surface area (Å²) in [7, 11) is 0. The molecule has 5 heteroatoms. The zero-order chi connectivity index (χ0) is 21.0. The lowest BCUT2D eigenvalue weighted by Crippen LogP contribution is -2.44. The summed E-state index contributed by atoms with van der Waals surface area (Å²) in [6.07, 6.45) is 6.22. The highest BCUT2D eigenvalue weighted by Crippen LogP contribution is 2.47. The van der Waals surface area contributed by atoms with Gasteiger partial charge in [-0.05, 0) is 81.0 Å². The molecule has 3 fully saturated rings. The van der Waals surface area contributed by atoms with E-state index in [0.29, 0.717) is 5.92 Å². The molecule has 0 radical (unpaired) electrons. The number of hydrogen-bond acceptors (Lipinski definition) is 1. The average molecular weight is 419 g/mol. The Bertz CT molecular complexity index is 507. The molecular formula is C24H38F4O. The van der Waals surface area contributed by atoms with Crippen molar-refractivity contribution in [2.24, 2.45) is 35.5 Å². The van der Waals surface area contributed by atoms with Gasteiger partial charge in [-0.2, -0.15) is 8.78 Å². The molecule has 0 aliphatic heterocycles. The van der Waals surface area contributed by atoms with Crippen LogP contribution in [-0.4, -0.2) is 23.6 Å². The highest BCUT2D eigenvalue weighted by molar-refractivity contribution is 5.00. The first kappa shape index (κ1) is 23.1. The Labute approximate surface area is 173 Å². The van der Waals surface area contributed by atoms with Crippen molar-refractivity contribution in [1.29, 1.82) is 0 Å². The van der Waals surface area contributed by atoms with Gasteiger partial charge in [0, 0.05) is 6.08 Å². The molecule has 0 bridgehead atoms. The van der Waals surface area contributed by atoms with Crippen molar-refractivity contribution >= 4 is 0 Å². The van der Waals surface area contributed by atoms with Gasteiger partial charge in [-0.1, -0.05) is 32.6 Å². The predicted octanol–water partition coefficient (Wildman–Crippen LogP) is 7.24. The standard InChI is InChI=1S/C24H38F4O/c1-2-3-15-4-6-16(7-5-15)17-8-10-18(11-9-17)19-12-20(25)24(21(26)13-19)22(29)14-23(27)28/h14-22,24,29H,2-13H2,1H3. The van der Waals surface area contributed by atoms with Crippen LogP contribution in [0.2, 0.25) is 0 Å². The second-order valence-corrected chi connectivity index (χ2v) is 10.0. The summed E-state index contributed by atoms with van der Waals surface area (Å²) in [4.78, 5) is 0. The van der Waals surface area contributed by atoms with E-state index in [4.69, 9.17) is 0 Å². The van der Waals surface area contributed by atoms with Gasteiger partial charge in [0.25, 0.3) is 6.08 Å². The van der Waals surface area contributed by atoms with Crippen molar-refractivity contribution < 1.29 is 22.7 Å². The lowest BCUT2D eigenvalue weighted by molar-refractivity contribution is -0.0351. The zero-order valence-corrected chi connectivity index (χ0v) is 17.7. The molecule has 0 amide bonds. The minimum absolute atomic E-state index is 0.0242. The number of hydrogen-bond donors (Lipinski definition) is 1. The van der Waals surface area contributed by atoms with E-state index < -0.39 is 30.4 Å². The monoisotopic (exact) mass is 418 g/mol. The molecule has 3 aliphatic rings. The number of rotatable bonds is 6. The Morgan fingerprint density at radius 2 is 1.28 bits per heavy atom. The van der Waals surface area contributed by atoms with Crippen molar-refractivity contribution in [3.05, 3.63) is 12.2 Å². The van der Waals surface area contributed by atoms with Crippen LogP contribution >= 0.6 is 0 Å². The first-order chi connectivity index (χ1) is 13.9. The highest BCUT2D eigenvalue weighted by atomic mass is 19.3. The fourth-order valence-corrected chi connectivity index (χ4v) is 6.71. The van der Waals surface area contributed by atoms with Gasteiger partial charge >= 0.3 is 0 Å². The topological polar surface area (TPSA) is 20.2 Å². The molecule has 0 saturated heterocycles. The smallest absolute Gasteiger partial charge is 0.268 e. The normalized spacial score (nSPS) is 42.3. The van der Waals surface area contributed by atoms with E-state index >= 15 is 0 Å². The average Bonchev–Trinajstić information content (AvgIpc) is 2.68. The largest absolute Gasteiger partial charge is 0.388 e. The van der Waals surface area contributed by atoms with Gasteiger partial charge in [-0.3, -0.25) is 0 Å².